The fourth-order valence-electron chi connectivity index (χ4n) is 2.85. The molecule has 0 saturated heterocycles. The molecule has 30 heavy (non-hydrogen) atoms. The summed E-state index contributed by atoms with van der Waals surface area (Å²) in [6.45, 7) is 4.11. The SMILES string of the molecule is CCNC(=NCc1ccc(OC)c(OC)c1)NCCc1ccc(OC)c(OC)c1.I. The van der Waals surface area contributed by atoms with Crippen molar-refractivity contribution < 1.29 is 18.9 Å². The van der Waals surface area contributed by atoms with Crippen molar-refractivity contribution in [2.45, 2.75) is 19.9 Å². The summed E-state index contributed by atoms with van der Waals surface area (Å²) in [6.07, 6.45) is 0.834. The minimum atomic E-state index is 0. The van der Waals surface area contributed by atoms with Crippen molar-refractivity contribution in [1.82, 2.24) is 10.6 Å². The van der Waals surface area contributed by atoms with Gasteiger partial charge in [-0.25, -0.2) is 4.99 Å². The molecule has 7 nitrogen and oxygen atoms in total. The predicted molar refractivity (Wildman–Crippen MR) is 131 cm³/mol. The Morgan fingerprint density at radius 2 is 1.30 bits per heavy atom. The average molecular weight is 529 g/mol. The van der Waals surface area contributed by atoms with E-state index in [1.807, 2.05) is 43.3 Å². The fourth-order valence-corrected chi connectivity index (χ4v) is 2.85. The monoisotopic (exact) mass is 529 g/mol. The third-order valence-corrected chi connectivity index (χ3v) is 4.37. The molecule has 0 aliphatic carbocycles. The second-order valence-electron chi connectivity index (χ2n) is 6.25. The number of hydrogen-bond acceptors (Lipinski definition) is 5. The lowest BCUT2D eigenvalue weighted by molar-refractivity contribution is 0.354. The number of aliphatic imine (C=N–C) groups is 1. The first-order valence-corrected chi connectivity index (χ1v) is 9.59. The lowest BCUT2D eigenvalue weighted by atomic mass is 10.1. The van der Waals surface area contributed by atoms with Crippen LogP contribution in [0, 0.1) is 0 Å². The average Bonchev–Trinajstić information content (AvgIpc) is 2.76. The van der Waals surface area contributed by atoms with E-state index >= 15 is 0 Å². The zero-order valence-corrected chi connectivity index (χ0v) is 20.6. The zero-order chi connectivity index (χ0) is 21.1. The quantitative estimate of drug-likeness (QED) is 0.278. The maximum Gasteiger partial charge on any atom is 0.191 e. The van der Waals surface area contributed by atoms with Gasteiger partial charge < -0.3 is 29.6 Å². The normalized spacial score (nSPS) is 10.6. The first kappa shape index (κ1) is 25.7. The van der Waals surface area contributed by atoms with Gasteiger partial charge in [-0.15, -0.1) is 24.0 Å². The van der Waals surface area contributed by atoms with Gasteiger partial charge in [-0.1, -0.05) is 12.1 Å². The van der Waals surface area contributed by atoms with E-state index in [9.17, 15) is 0 Å². The molecule has 0 unspecified atom stereocenters. The molecule has 2 aromatic rings. The van der Waals surface area contributed by atoms with E-state index in [0.717, 1.165) is 48.1 Å². The molecule has 0 saturated carbocycles. The van der Waals surface area contributed by atoms with E-state index in [2.05, 4.69) is 15.6 Å². The molecule has 166 valence electrons. The highest BCUT2D eigenvalue weighted by molar-refractivity contribution is 14.0. The van der Waals surface area contributed by atoms with E-state index in [1.165, 1.54) is 0 Å². The maximum atomic E-state index is 5.37. The molecule has 0 spiro atoms. The van der Waals surface area contributed by atoms with Crippen LogP contribution in [-0.4, -0.2) is 47.5 Å². The number of rotatable bonds is 10. The van der Waals surface area contributed by atoms with Gasteiger partial charge in [0.25, 0.3) is 0 Å². The van der Waals surface area contributed by atoms with Gasteiger partial charge in [0.2, 0.25) is 0 Å². The minimum absolute atomic E-state index is 0. The van der Waals surface area contributed by atoms with Crippen LogP contribution < -0.4 is 29.6 Å². The van der Waals surface area contributed by atoms with E-state index < -0.39 is 0 Å². The number of halogens is 1. The Kier molecular flexibility index (Phi) is 11.8. The molecule has 2 aromatic carbocycles. The Bertz CT molecular complexity index is 815. The van der Waals surface area contributed by atoms with Crippen LogP contribution in [0.25, 0.3) is 0 Å². The Balaban J connectivity index is 0.00000450. The summed E-state index contributed by atoms with van der Waals surface area (Å²) in [5, 5.41) is 6.64. The summed E-state index contributed by atoms with van der Waals surface area (Å²) < 4.78 is 21.3. The Morgan fingerprint density at radius 3 is 1.83 bits per heavy atom. The van der Waals surface area contributed by atoms with Gasteiger partial charge in [-0.3, -0.25) is 0 Å². The minimum Gasteiger partial charge on any atom is -0.493 e. The van der Waals surface area contributed by atoms with Crippen molar-refractivity contribution in [2.24, 2.45) is 4.99 Å². The van der Waals surface area contributed by atoms with Gasteiger partial charge in [-0.2, -0.15) is 0 Å². The predicted octanol–water partition coefficient (Wildman–Crippen LogP) is 3.64. The van der Waals surface area contributed by atoms with Crippen LogP contribution in [0.4, 0.5) is 0 Å². The fraction of sp³-hybridized carbons (Fsp3) is 0.409. The highest BCUT2D eigenvalue weighted by atomic mass is 127. The van der Waals surface area contributed by atoms with Gasteiger partial charge in [0.05, 0.1) is 35.0 Å². The molecule has 0 heterocycles. The lowest BCUT2D eigenvalue weighted by Gasteiger charge is -2.13. The molecule has 0 aliphatic rings. The third kappa shape index (κ3) is 7.47. The largest absolute Gasteiger partial charge is 0.493 e. The topological polar surface area (TPSA) is 73.3 Å². The number of hydrogen-bond donors (Lipinski definition) is 2. The highest BCUT2D eigenvalue weighted by Gasteiger charge is 2.06. The van der Waals surface area contributed by atoms with Crippen molar-refractivity contribution in [3.8, 4) is 23.0 Å². The summed E-state index contributed by atoms with van der Waals surface area (Å²) in [6, 6.07) is 11.8. The van der Waals surface area contributed by atoms with Crippen molar-refractivity contribution in [3.05, 3.63) is 47.5 Å². The molecule has 0 aromatic heterocycles. The van der Waals surface area contributed by atoms with E-state index in [1.54, 1.807) is 28.4 Å². The van der Waals surface area contributed by atoms with E-state index in [-0.39, 0.29) is 24.0 Å². The molecule has 0 atom stereocenters. The van der Waals surface area contributed by atoms with Crippen molar-refractivity contribution in [3.63, 3.8) is 0 Å². The first-order valence-electron chi connectivity index (χ1n) is 9.59. The molecule has 0 radical (unpaired) electrons. The molecule has 0 aliphatic heterocycles. The molecular formula is C22H32IN3O4. The van der Waals surface area contributed by atoms with Gasteiger partial charge in [-0.05, 0) is 48.7 Å². The standard InChI is InChI=1S/C22H31N3O4.HI/c1-6-23-22(25-15-17-8-10-19(27-3)21(14-17)29-5)24-12-11-16-7-9-18(26-2)20(13-16)28-4;/h7-10,13-14H,6,11-12,15H2,1-5H3,(H2,23,24,25);1H. The molecule has 0 amide bonds. The molecule has 2 N–H and O–H groups in total. The summed E-state index contributed by atoms with van der Waals surface area (Å²) in [7, 11) is 6.53. The number of nitrogens with zero attached hydrogens (tertiary/aromatic N) is 1. The van der Waals surface area contributed by atoms with Crippen LogP contribution >= 0.6 is 24.0 Å². The molecule has 2 rings (SSSR count). The van der Waals surface area contributed by atoms with Crippen molar-refractivity contribution >= 4 is 29.9 Å². The number of guanidine groups is 1. The first-order chi connectivity index (χ1) is 14.1. The smallest absolute Gasteiger partial charge is 0.191 e. The second-order valence-corrected chi connectivity index (χ2v) is 6.25. The number of benzene rings is 2. The maximum absolute atomic E-state index is 5.37. The van der Waals surface area contributed by atoms with Gasteiger partial charge in [0.1, 0.15) is 0 Å². The summed E-state index contributed by atoms with van der Waals surface area (Å²) in [4.78, 5) is 4.66. The Morgan fingerprint density at radius 1 is 0.767 bits per heavy atom. The van der Waals surface area contributed by atoms with Crippen molar-refractivity contribution in [2.75, 3.05) is 41.5 Å². The molecule has 0 fully saturated rings. The van der Waals surface area contributed by atoms with E-state index in [0.29, 0.717) is 18.0 Å². The second kappa shape index (κ2) is 13.8. The molecular weight excluding hydrogens is 497 g/mol. The van der Waals surface area contributed by atoms with Gasteiger partial charge >= 0.3 is 0 Å². The molecule has 0 bridgehead atoms. The highest BCUT2D eigenvalue weighted by Crippen LogP contribution is 2.28. The van der Waals surface area contributed by atoms with Crippen LogP contribution in [0.15, 0.2) is 41.4 Å². The Labute approximate surface area is 196 Å². The number of nitrogens with one attached hydrogen (secondary N) is 2. The van der Waals surface area contributed by atoms with Crippen molar-refractivity contribution in [1.29, 1.82) is 0 Å². The van der Waals surface area contributed by atoms with Crippen LogP contribution in [0.3, 0.4) is 0 Å². The van der Waals surface area contributed by atoms with Crippen LogP contribution in [0.5, 0.6) is 23.0 Å². The zero-order valence-electron chi connectivity index (χ0n) is 18.3. The van der Waals surface area contributed by atoms with Crippen LogP contribution in [0.1, 0.15) is 18.1 Å². The third-order valence-electron chi connectivity index (χ3n) is 4.37. The van der Waals surface area contributed by atoms with Gasteiger partial charge in [0.15, 0.2) is 29.0 Å². The van der Waals surface area contributed by atoms with Crippen LogP contribution in [-0.2, 0) is 13.0 Å². The number of methoxy groups -OCH3 is 4. The number of ether oxygens (including phenoxy) is 4. The molecule has 8 heteroatoms. The lowest BCUT2D eigenvalue weighted by Crippen LogP contribution is -2.38. The van der Waals surface area contributed by atoms with Crippen LogP contribution in [0.2, 0.25) is 0 Å². The summed E-state index contributed by atoms with van der Waals surface area (Å²) in [5.41, 5.74) is 2.20. The van der Waals surface area contributed by atoms with E-state index in [4.69, 9.17) is 18.9 Å². The summed E-state index contributed by atoms with van der Waals surface area (Å²) >= 11 is 0. The summed E-state index contributed by atoms with van der Waals surface area (Å²) in [5.74, 6) is 3.64. The Hall–Kier alpha value is -2.36. The van der Waals surface area contributed by atoms with Gasteiger partial charge in [0, 0.05) is 13.1 Å².